The van der Waals surface area contributed by atoms with Crippen molar-refractivity contribution in [3.63, 3.8) is 0 Å². The van der Waals surface area contributed by atoms with E-state index in [9.17, 15) is 9.59 Å². The van der Waals surface area contributed by atoms with E-state index in [0.717, 1.165) is 5.56 Å². The Labute approximate surface area is 173 Å². The molecule has 2 aromatic carbocycles. The van der Waals surface area contributed by atoms with Gasteiger partial charge in [0.25, 0.3) is 5.91 Å². The van der Waals surface area contributed by atoms with Gasteiger partial charge in [-0.25, -0.2) is 0 Å². The number of benzene rings is 2. The van der Waals surface area contributed by atoms with Crippen LogP contribution in [-0.2, 0) is 4.74 Å². The Kier molecular flexibility index (Phi) is 5.43. The van der Waals surface area contributed by atoms with E-state index in [2.05, 4.69) is 0 Å². The summed E-state index contributed by atoms with van der Waals surface area (Å²) in [5, 5.41) is 1.02. The van der Waals surface area contributed by atoms with Crippen LogP contribution in [0.5, 0.6) is 0 Å². The summed E-state index contributed by atoms with van der Waals surface area (Å²) >= 11 is 6.21. The van der Waals surface area contributed by atoms with Crippen molar-refractivity contribution >= 4 is 28.5 Å². The number of amides is 1. The average Bonchev–Trinajstić information content (AvgIpc) is 2.98. The van der Waals surface area contributed by atoms with Crippen LogP contribution in [0.4, 0.5) is 0 Å². The molecule has 0 N–H and O–H groups in total. The Balaban J connectivity index is 1.81. The molecule has 1 aromatic heterocycles. The van der Waals surface area contributed by atoms with E-state index in [1.165, 1.54) is 0 Å². The summed E-state index contributed by atoms with van der Waals surface area (Å²) in [5.74, 6) is -0.166. The van der Waals surface area contributed by atoms with Crippen LogP contribution >= 0.6 is 11.6 Å². The van der Waals surface area contributed by atoms with Crippen LogP contribution in [0.1, 0.15) is 48.0 Å². The quantitative estimate of drug-likeness (QED) is 0.546. The Morgan fingerprint density at radius 1 is 1.14 bits per heavy atom. The zero-order chi connectivity index (χ0) is 20.5. The van der Waals surface area contributed by atoms with Crippen LogP contribution in [0.2, 0.25) is 5.02 Å². The molecule has 0 saturated heterocycles. The molecule has 29 heavy (non-hydrogen) atoms. The molecule has 0 aliphatic carbocycles. The molecule has 150 valence electrons. The number of hydrogen-bond donors (Lipinski definition) is 0. The van der Waals surface area contributed by atoms with Gasteiger partial charge in [0.05, 0.1) is 23.1 Å². The summed E-state index contributed by atoms with van der Waals surface area (Å²) in [5.41, 5.74) is 1.40. The topological polar surface area (TPSA) is 59.8 Å². The normalized spacial score (nSPS) is 16.1. The summed E-state index contributed by atoms with van der Waals surface area (Å²) in [6.07, 6.45) is 0.779. The minimum atomic E-state index is -0.531. The summed E-state index contributed by atoms with van der Waals surface area (Å²) < 4.78 is 11.5. The van der Waals surface area contributed by atoms with E-state index in [4.69, 9.17) is 20.8 Å². The van der Waals surface area contributed by atoms with Gasteiger partial charge in [0, 0.05) is 18.2 Å². The van der Waals surface area contributed by atoms with Gasteiger partial charge in [-0.15, -0.1) is 0 Å². The summed E-state index contributed by atoms with van der Waals surface area (Å²) in [4.78, 5) is 28.2. The third-order valence-corrected chi connectivity index (χ3v) is 5.27. The lowest BCUT2D eigenvalue weighted by molar-refractivity contribution is 0.0593. The molecule has 0 fully saturated rings. The Bertz CT molecular complexity index is 1120. The van der Waals surface area contributed by atoms with Crippen molar-refractivity contribution in [2.45, 2.75) is 32.4 Å². The zero-order valence-electron chi connectivity index (χ0n) is 16.4. The molecule has 5 nitrogen and oxygen atoms in total. The predicted octanol–water partition coefficient (Wildman–Crippen LogP) is 4.81. The lowest BCUT2D eigenvalue weighted by Crippen LogP contribution is -2.31. The number of fused-ring (bicyclic) bond motifs is 2. The molecular weight excluding hydrogens is 390 g/mol. The Morgan fingerprint density at radius 2 is 1.93 bits per heavy atom. The molecule has 1 aliphatic heterocycles. The second-order valence-corrected chi connectivity index (χ2v) is 7.84. The number of para-hydroxylation sites is 1. The highest BCUT2D eigenvalue weighted by atomic mass is 35.5. The fourth-order valence-electron chi connectivity index (χ4n) is 3.77. The van der Waals surface area contributed by atoms with E-state index < -0.39 is 6.04 Å². The number of halogens is 1. The predicted molar refractivity (Wildman–Crippen MR) is 113 cm³/mol. The first-order valence-corrected chi connectivity index (χ1v) is 10.1. The van der Waals surface area contributed by atoms with Crippen LogP contribution in [0.3, 0.4) is 0 Å². The van der Waals surface area contributed by atoms with Crippen molar-refractivity contribution < 1.29 is 13.9 Å². The van der Waals surface area contributed by atoms with Crippen molar-refractivity contribution in [2.75, 3.05) is 13.2 Å². The fraction of sp³-hybridized carbons (Fsp3) is 0.304. The highest BCUT2D eigenvalue weighted by molar-refractivity contribution is 6.30. The maximum absolute atomic E-state index is 13.3. The second kappa shape index (κ2) is 8.01. The lowest BCUT2D eigenvalue weighted by atomic mass is 9.98. The van der Waals surface area contributed by atoms with Crippen LogP contribution in [0.25, 0.3) is 11.0 Å². The smallest absolute Gasteiger partial charge is 0.290 e. The van der Waals surface area contributed by atoms with Gasteiger partial charge in [0.15, 0.2) is 5.43 Å². The van der Waals surface area contributed by atoms with E-state index >= 15 is 0 Å². The molecular formula is C23H22ClNO4. The van der Waals surface area contributed by atoms with Gasteiger partial charge < -0.3 is 14.1 Å². The molecule has 1 atom stereocenters. The molecule has 0 saturated carbocycles. The molecule has 0 bridgehead atoms. The fourth-order valence-corrected chi connectivity index (χ4v) is 3.97. The molecule has 4 rings (SSSR count). The molecule has 1 amide bonds. The van der Waals surface area contributed by atoms with Crippen LogP contribution < -0.4 is 5.43 Å². The highest BCUT2D eigenvalue weighted by Crippen LogP contribution is 2.38. The maximum Gasteiger partial charge on any atom is 0.290 e. The van der Waals surface area contributed by atoms with Crippen molar-refractivity contribution in [3.05, 3.63) is 80.7 Å². The maximum atomic E-state index is 13.3. The SMILES string of the molecule is CC(C)OCCCN1C(=O)c2oc3ccccc3c(=O)c2[C@@H]1c1cccc(Cl)c1. The number of rotatable bonds is 6. The van der Waals surface area contributed by atoms with Crippen molar-refractivity contribution in [3.8, 4) is 0 Å². The number of carbonyl (C=O) groups is 1. The zero-order valence-corrected chi connectivity index (χ0v) is 17.1. The standard InChI is InChI=1S/C23H22ClNO4/c1-14(2)28-12-6-11-25-20(15-7-5-8-16(24)13-15)19-21(26)17-9-3-4-10-18(17)29-22(19)23(25)27/h3-5,7-10,13-14,20H,6,11-12H2,1-2H3/t20-/m0/s1. The van der Waals surface area contributed by atoms with Crippen molar-refractivity contribution in [2.24, 2.45) is 0 Å². The monoisotopic (exact) mass is 411 g/mol. The van der Waals surface area contributed by atoms with Gasteiger partial charge in [-0.2, -0.15) is 0 Å². The number of carbonyl (C=O) groups excluding carboxylic acids is 1. The van der Waals surface area contributed by atoms with Gasteiger partial charge in [-0.05, 0) is 50.1 Å². The minimum Gasteiger partial charge on any atom is -0.450 e. The average molecular weight is 412 g/mol. The first kappa shape index (κ1) is 19.7. The van der Waals surface area contributed by atoms with Gasteiger partial charge in [0.2, 0.25) is 5.76 Å². The second-order valence-electron chi connectivity index (χ2n) is 7.40. The largest absolute Gasteiger partial charge is 0.450 e. The minimum absolute atomic E-state index is 0.114. The van der Waals surface area contributed by atoms with Gasteiger partial charge >= 0.3 is 0 Å². The van der Waals surface area contributed by atoms with Gasteiger partial charge in [0.1, 0.15) is 5.58 Å². The van der Waals surface area contributed by atoms with Gasteiger partial charge in [-0.1, -0.05) is 35.9 Å². The summed E-state index contributed by atoms with van der Waals surface area (Å²) in [7, 11) is 0. The first-order valence-electron chi connectivity index (χ1n) is 9.71. The number of nitrogens with zero attached hydrogens (tertiary/aromatic N) is 1. The van der Waals surface area contributed by atoms with E-state index in [-0.39, 0.29) is 23.2 Å². The molecule has 2 heterocycles. The number of ether oxygens (including phenoxy) is 1. The molecule has 0 unspecified atom stereocenters. The van der Waals surface area contributed by atoms with E-state index in [1.807, 2.05) is 26.0 Å². The summed E-state index contributed by atoms with van der Waals surface area (Å²) in [6, 6.07) is 13.7. The van der Waals surface area contributed by atoms with E-state index in [1.54, 1.807) is 41.3 Å². The molecule has 6 heteroatoms. The Hall–Kier alpha value is -2.63. The molecule has 3 aromatic rings. The highest BCUT2D eigenvalue weighted by Gasteiger charge is 2.42. The molecule has 0 spiro atoms. The Morgan fingerprint density at radius 3 is 2.69 bits per heavy atom. The van der Waals surface area contributed by atoms with Crippen LogP contribution in [0, 0.1) is 0 Å². The van der Waals surface area contributed by atoms with E-state index in [0.29, 0.717) is 41.1 Å². The third kappa shape index (κ3) is 3.68. The van der Waals surface area contributed by atoms with Crippen LogP contribution in [-0.4, -0.2) is 30.1 Å². The van der Waals surface area contributed by atoms with Crippen LogP contribution in [0.15, 0.2) is 57.7 Å². The molecule has 1 aliphatic rings. The molecule has 0 radical (unpaired) electrons. The third-order valence-electron chi connectivity index (χ3n) is 5.03. The summed E-state index contributed by atoms with van der Waals surface area (Å²) in [6.45, 7) is 4.92. The lowest BCUT2D eigenvalue weighted by Gasteiger charge is -2.25. The van der Waals surface area contributed by atoms with Gasteiger partial charge in [-0.3, -0.25) is 9.59 Å². The number of hydrogen-bond acceptors (Lipinski definition) is 4. The van der Waals surface area contributed by atoms with Crippen molar-refractivity contribution in [1.29, 1.82) is 0 Å². The van der Waals surface area contributed by atoms with Crippen molar-refractivity contribution in [1.82, 2.24) is 4.90 Å². The first-order chi connectivity index (χ1) is 14.0.